The molecule has 0 bridgehead atoms. The molecule has 166 valence electrons. The molecule has 1 amide bonds. The van der Waals surface area contributed by atoms with Crippen LogP contribution in [0, 0.1) is 0 Å². The highest BCUT2D eigenvalue weighted by Crippen LogP contribution is 2.29. The third-order valence-corrected chi connectivity index (χ3v) is 4.95. The molecule has 0 radical (unpaired) electrons. The van der Waals surface area contributed by atoms with Gasteiger partial charge in [-0.1, -0.05) is 54.6 Å². The molecule has 0 aliphatic heterocycles. The van der Waals surface area contributed by atoms with Crippen molar-refractivity contribution >= 4 is 22.9 Å². The highest BCUT2D eigenvalue weighted by molar-refractivity contribution is 5.95. The summed E-state index contributed by atoms with van der Waals surface area (Å²) >= 11 is 0. The average molecular weight is 448 g/mol. The van der Waals surface area contributed by atoms with Crippen LogP contribution in [-0.2, 0) is 12.8 Å². The number of fused-ring (bicyclic) bond motifs is 1. The second-order valence-electron chi connectivity index (χ2n) is 7.29. The van der Waals surface area contributed by atoms with Crippen molar-refractivity contribution in [2.75, 3.05) is 0 Å². The van der Waals surface area contributed by atoms with E-state index >= 15 is 0 Å². The second kappa shape index (κ2) is 9.56. The van der Waals surface area contributed by atoms with E-state index in [2.05, 4.69) is 16.6 Å². The van der Waals surface area contributed by atoms with Crippen molar-refractivity contribution in [2.24, 2.45) is 5.10 Å². The van der Waals surface area contributed by atoms with Gasteiger partial charge in [0.25, 0.3) is 5.91 Å². The molecule has 1 N–H and O–H groups in total. The summed E-state index contributed by atoms with van der Waals surface area (Å²) in [5, 5.41) is 6.14. The summed E-state index contributed by atoms with van der Waals surface area (Å²) in [5.41, 5.74) is 2.83. The highest BCUT2D eigenvalue weighted by Gasteiger charge is 2.30. The summed E-state index contributed by atoms with van der Waals surface area (Å²) < 4.78 is 44.5. The Morgan fingerprint density at radius 1 is 0.879 bits per heavy atom. The van der Waals surface area contributed by atoms with Crippen molar-refractivity contribution in [2.45, 2.75) is 12.8 Å². The Labute approximate surface area is 188 Å². The van der Waals surface area contributed by atoms with E-state index in [1.165, 1.54) is 18.3 Å². The minimum Gasteiger partial charge on any atom is -0.488 e. The Morgan fingerprint density at radius 3 is 2.45 bits per heavy atom. The Bertz CT molecular complexity index is 1320. The minimum atomic E-state index is -4.53. The number of alkyl halides is 3. The first-order valence-electron chi connectivity index (χ1n) is 10.1. The quantitative estimate of drug-likeness (QED) is 0.282. The topological polar surface area (TPSA) is 50.7 Å². The van der Waals surface area contributed by atoms with E-state index in [0.29, 0.717) is 17.9 Å². The van der Waals surface area contributed by atoms with Gasteiger partial charge in [0, 0.05) is 11.1 Å². The molecule has 0 aliphatic rings. The maximum atomic E-state index is 12.8. The Morgan fingerprint density at radius 2 is 1.64 bits per heavy atom. The predicted molar refractivity (Wildman–Crippen MR) is 121 cm³/mol. The molecule has 0 fully saturated rings. The molecule has 0 saturated heterocycles. The van der Waals surface area contributed by atoms with Gasteiger partial charge >= 0.3 is 6.18 Å². The molecule has 4 aromatic carbocycles. The standard InChI is InChI=1S/C26H19F3N2O2/c27-26(28,29)23-10-5-9-21(15-23)25(32)31-30-16-22-8-3-4-11-24(22)33-17-18-12-13-19-6-1-2-7-20(19)14-18/h1-16H,17H2,(H,31,32)/b30-16+. The van der Waals surface area contributed by atoms with Crippen LogP contribution in [0.25, 0.3) is 10.8 Å². The maximum absolute atomic E-state index is 12.8. The Kier molecular flexibility index (Phi) is 6.40. The Balaban J connectivity index is 1.42. The molecule has 0 aliphatic carbocycles. The lowest BCUT2D eigenvalue weighted by atomic mass is 10.1. The molecule has 4 nitrogen and oxygen atoms in total. The fourth-order valence-electron chi connectivity index (χ4n) is 3.27. The lowest BCUT2D eigenvalue weighted by molar-refractivity contribution is -0.137. The number of nitrogens with zero attached hydrogens (tertiary/aromatic N) is 1. The van der Waals surface area contributed by atoms with Gasteiger partial charge in [-0.3, -0.25) is 4.79 Å². The van der Waals surface area contributed by atoms with Crippen LogP contribution < -0.4 is 10.2 Å². The summed E-state index contributed by atoms with van der Waals surface area (Å²) in [4.78, 5) is 12.2. The zero-order chi connectivity index (χ0) is 23.3. The van der Waals surface area contributed by atoms with Gasteiger partial charge in [-0.2, -0.15) is 18.3 Å². The largest absolute Gasteiger partial charge is 0.488 e. The maximum Gasteiger partial charge on any atom is 0.416 e. The smallest absolute Gasteiger partial charge is 0.416 e. The summed E-state index contributed by atoms with van der Waals surface area (Å²) in [7, 11) is 0. The van der Waals surface area contributed by atoms with Gasteiger partial charge in [-0.25, -0.2) is 5.43 Å². The van der Waals surface area contributed by atoms with E-state index in [0.717, 1.165) is 28.5 Å². The lowest BCUT2D eigenvalue weighted by Crippen LogP contribution is -2.18. The number of carbonyl (C=O) groups excluding carboxylic acids is 1. The van der Waals surface area contributed by atoms with Crippen LogP contribution in [0.15, 0.2) is 96.1 Å². The molecule has 0 unspecified atom stereocenters. The van der Waals surface area contributed by atoms with Gasteiger partial charge in [0.1, 0.15) is 12.4 Å². The van der Waals surface area contributed by atoms with Crippen molar-refractivity contribution in [3.63, 3.8) is 0 Å². The number of hydrazone groups is 1. The van der Waals surface area contributed by atoms with Gasteiger partial charge in [-0.05, 0) is 52.7 Å². The van der Waals surface area contributed by atoms with E-state index in [-0.39, 0.29) is 5.56 Å². The minimum absolute atomic E-state index is 0.136. The number of halogens is 3. The van der Waals surface area contributed by atoms with E-state index < -0.39 is 17.6 Å². The lowest BCUT2D eigenvalue weighted by Gasteiger charge is -2.10. The molecule has 0 atom stereocenters. The third-order valence-electron chi connectivity index (χ3n) is 4.95. The SMILES string of the molecule is O=C(N/N=C/c1ccccc1OCc1ccc2ccccc2c1)c1cccc(C(F)(F)F)c1. The van der Waals surface area contributed by atoms with Crippen LogP contribution >= 0.6 is 0 Å². The van der Waals surface area contributed by atoms with Crippen molar-refractivity contribution in [3.8, 4) is 5.75 Å². The predicted octanol–water partition coefficient (Wildman–Crippen LogP) is 6.20. The van der Waals surface area contributed by atoms with E-state index in [4.69, 9.17) is 4.74 Å². The summed E-state index contributed by atoms with van der Waals surface area (Å²) in [6.45, 7) is 0.340. The van der Waals surface area contributed by atoms with Gasteiger partial charge < -0.3 is 4.74 Å². The molecular formula is C26H19F3N2O2. The zero-order valence-electron chi connectivity index (χ0n) is 17.3. The fraction of sp³-hybridized carbons (Fsp3) is 0.0769. The normalized spacial score (nSPS) is 11.6. The fourth-order valence-corrected chi connectivity index (χ4v) is 3.27. The first-order chi connectivity index (χ1) is 15.9. The number of hydrogen-bond acceptors (Lipinski definition) is 3. The molecule has 4 rings (SSSR count). The third kappa shape index (κ3) is 5.57. The van der Waals surface area contributed by atoms with Crippen LogP contribution in [0.5, 0.6) is 5.75 Å². The number of nitrogens with one attached hydrogen (secondary N) is 1. The van der Waals surface area contributed by atoms with E-state index in [1.54, 1.807) is 18.2 Å². The molecule has 0 saturated carbocycles. The van der Waals surface area contributed by atoms with Crippen LogP contribution in [-0.4, -0.2) is 12.1 Å². The van der Waals surface area contributed by atoms with Crippen LogP contribution in [0.4, 0.5) is 13.2 Å². The summed E-state index contributed by atoms with van der Waals surface area (Å²) in [6.07, 6.45) is -3.14. The van der Waals surface area contributed by atoms with Gasteiger partial charge in [0.2, 0.25) is 0 Å². The number of amides is 1. The first kappa shape index (κ1) is 22.1. The summed E-state index contributed by atoms with van der Waals surface area (Å²) in [5.74, 6) is -0.186. The number of rotatable bonds is 6. The van der Waals surface area contributed by atoms with E-state index in [1.807, 2.05) is 42.5 Å². The van der Waals surface area contributed by atoms with Crippen molar-refractivity contribution in [1.29, 1.82) is 0 Å². The molecular weight excluding hydrogens is 429 g/mol. The summed E-state index contributed by atoms with van der Waals surface area (Å²) in [6, 6.07) is 25.4. The number of benzene rings is 4. The van der Waals surface area contributed by atoms with Crippen molar-refractivity contribution < 1.29 is 22.7 Å². The van der Waals surface area contributed by atoms with E-state index in [9.17, 15) is 18.0 Å². The highest BCUT2D eigenvalue weighted by atomic mass is 19.4. The van der Waals surface area contributed by atoms with Gasteiger partial charge in [-0.15, -0.1) is 0 Å². The molecule has 0 aromatic heterocycles. The number of hydrogen-bond donors (Lipinski definition) is 1. The van der Waals surface area contributed by atoms with Crippen LogP contribution in [0.2, 0.25) is 0 Å². The number of ether oxygens (including phenoxy) is 1. The van der Waals surface area contributed by atoms with Gasteiger partial charge in [0.15, 0.2) is 0 Å². The van der Waals surface area contributed by atoms with Crippen molar-refractivity contribution in [3.05, 3.63) is 113 Å². The Hall–Kier alpha value is -4.13. The van der Waals surface area contributed by atoms with Crippen LogP contribution in [0.3, 0.4) is 0 Å². The molecule has 0 heterocycles. The molecule has 7 heteroatoms. The molecule has 0 spiro atoms. The average Bonchev–Trinajstić information content (AvgIpc) is 2.83. The van der Waals surface area contributed by atoms with Crippen LogP contribution in [0.1, 0.15) is 27.0 Å². The monoisotopic (exact) mass is 448 g/mol. The zero-order valence-corrected chi connectivity index (χ0v) is 17.3. The van der Waals surface area contributed by atoms with Gasteiger partial charge in [0.05, 0.1) is 11.8 Å². The molecule has 33 heavy (non-hydrogen) atoms. The van der Waals surface area contributed by atoms with Crippen molar-refractivity contribution in [1.82, 2.24) is 5.43 Å². The number of carbonyl (C=O) groups is 1. The first-order valence-corrected chi connectivity index (χ1v) is 10.1. The molecule has 4 aromatic rings. The second-order valence-corrected chi connectivity index (χ2v) is 7.29. The number of para-hydroxylation sites is 1.